The van der Waals surface area contributed by atoms with Gasteiger partial charge in [-0.1, -0.05) is 6.08 Å². The lowest BCUT2D eigenvalue weighted by Gasteiger charge is -2.02. The van der Waals surface area contributed by atoms with Crippen molar-refractivity contribution >= 4 is 8.80 Å². The summed E-state index contributed by atoms with van der Waals surface area (Å²) < 4.78 is 0. The second-order valence-corrected chi connectivity index (χ2v) is 3.22. The van der Waals surface area contributed by atoms with Crippen molar-refractivity contribution < 1.29 is 14.4 Å². The molecule has 0 aromatic rings. The van der Waals surface area contributed by atoms with Crippen LogP contribution in [0.5, 0.6) is 0 Å². The van der Waals surface area contributed by atoms with Crippen molar-refractivity contribution in [2.45, 2.75) is 6.04 Å². The van der Waals surface area contributed by atoms with Crippen molar-refractivity contribution in [1.29, 1.82) is 0 Å². The molecule has 0 heterocycles. The maximum Gasteiger partial charge on any atom is 0.496 e. The third-order valence-electron chi connectivity index (χ3n) is 0.418. The Bertz CT molecular complexity index is 65.1. The Morgan fingerprint density at radius 3 is 1.86 bits per heavy atom. The molecule has 0 aromatic carbocycles. The molecule has 0 bridgehead atoms. The van der Waals surface area contributed by atoms with Gasteiger partial charge in [-0.15, -0.1) is 6.58 Å². The molecular weight excluding hydrogens is 112 g/mol. The van der Waals surface area contributed by atoms with E-state index in [1.54, 1.807) is 0 Å². The predicted molar refractivity (Wildman–Crippen MR) is 27.4 cm³/mol. The number of rotatable bonds is 2. The monoisotopic (exact) mass is 120 g/mol. The highest BCUT2D eigenvalue weighted by Crippen LogP contribution is 1.93. The van der Waals surface area contributed by atoms with E-state index >= 15 is 0 Å². The summed E-state index contributed by atoms with van der Waals surface area (Å²) in [5.41, 5.74) is 0. The molecule has 0 radical (unpaired) electrons. The fourth-order valence-electron chi connectivity index (χ4n) is 0.194. The molecule has 0 amide bonds. The standard InChI is InChI=1S/C3H8O3Si/c1-2-3-7(4,5)6/h2,4-6H,1,3H2. The average Bonchev–Trinajstić information content (AvgIpc) is 1.30. The Hall–Kier alpha value is -0.163. The maximum absolute atomic E-state index is 8.20. The van der Waals surface area contributed by atoms with Crippen LogP contribution in [0.25, 0.3) is 0 Å². The highest BCUT2D eigenvalue weighted by molar-refractivity contribution is 6.56. The molecule has 7 heavy (non-hydrogen) atoms. The van der Waals surface area contributed by atoms with E-state index in [0.29, 0.717) is 0 Å². The molecular formula is C3H8O3Si. The second kappa shape index (κ2) is 2.22. The van der Waals surface area contributed by atoms with E-state index in [9.17, 15) is 0 Å². The van der Waals surface area contributed by atoms with Crippen LogP contribution in [0.15, 0.2) is 12.7 Å². The van der Waals surface area contributed by atoms with E-state index in [-0.39, 0.29) is 6.04 Å². The Balaban J connectivity index is 3.34. The van der Waals surface area contributed by atoms with Gasteiger partial charge >= 0.3 is 8.80 Å². The van der Waals surface area contributed by atoms with Crippen molar-refractivity contribution in [3.8, 4) is 0 Å². The van der Waals surface area contributed by atoms with Crippen LogP contribution in [0.4, 0.5) is 0 Å². The average molecular weight is 120 g/mol. The summed E-state index contributed by atoms with van der Waals surface area (Å²) in [6.45, 7) is 3.20. The van der Waals surface area contributed by atoms with Crippen LogP contribution >= 0.6 is 0 Å². The van der Waals surface area contributed by atoms with Gasteiger partial charge < -0.3 is 14.4 Å². The van der Waals surface area contributed by atoms with E-state index in [1.165, 1.54) is 6.08 Å². The SMILES string of the molecule is C=CC[Si](O)(O)O. The summed E-state index contributed by atoms with van der Waals surface area (Å²) >= 11 is 0. The molecule has 0 fully saturated rings. The van der Waals surface area contributed by atoms with Gasteiger partial charge in [-0.2, -0.15) is 0 Å². The zero-order valence-corrected chi connectivity index (χ0v) is 4.83. The molecule has 0 aliphatic rings. The summed E-state index contributed by atoms with van der Waals surface area (Å²) in [5, 5.41) is 0. The highest BCUT2D eigenvalue weighted by Gasteiger charge is 2.23. The van der Waals surface area contributed by atoms with Crippen LogP contribution in [0.3, 0.4) is 0 Å². The molecule has 0 rings (SSSR count). The molecule has 0 saturated carbocycles. The third kappa shape index (κ3) is 5.84. The van der Waals surface area contributed by atoms with Crippen molar-refractivity contribution in [3.05, 3.63) is 12.7 Å². The maximum atomic E-state index is 8.20. The predicted octanol–water partition coefficient (Wildman–Crippen LogP) is -0.912. The van der Waals surface area contributed by atoms with E-state index in [4.69, 9.17) is 14.4 Å². The van der Waals surface area contributed by atoms with Crippen LogP contribution in [0, 0.1) is 0 Å². The zero-order valence-electron chi connectivity index (χ0n) is 3.83. The van der Waals surface area contributed by atoms with Gasteiger partial charge in [-0.3, -0.25) is 0 Å². The fourth-order valence-corrected chi connectivity index (χ4v) is 0.581. The second-order valence-electron chi connectivity index (χ2n) is 1.27. The zero-order chi connectivity index (χ0) is 5.91. The fraction of sp³-hybridized carbons (Fsp3) is 0.333. The molecule has 0 aliphatic carbocycles. The summed E-state index contributed by atoms with van der Waals surface area (Å²) in [6, 6.07) is -0.0903. The molecule has 0 saturated heterocycles. The molecule has 0 spiro atoms. The van der Waals surface area contributed by atoms with Crippen LogP contribution in [0.1, 0.15) is 0 Å². The normalized spacial score (nSPS) is 11.3. The van der Waals surface area contributed by atoms with Gasteiger partial charge in [0.15, 0.2) is 0 Å². The molecule has 3 nitrogen and oxygen atoms in total. The number of hydrogen-bond acceptors (Lipinski definition) is 3. The lowest BCUT2D eigenvalue weighted by molar-refractivity contribution is 0.233. The first kappa shape index (κ1) is 6.84. The van der Waals surface area contributed by atoms with Gasteiger partial charge in [0.1, 0.15) is 0 Å². The highest BCUT2D eigenvalue weighted by atomic mass is 28.4. The van der Waals surface area contributed by atoms with Gasteiger partial charge in [0.05, 0.1) is 0 Å². The lowest BCUT2D eigenvalue weighted by Crippen LogP contribution is -2.33. The molecule has 42 valence electrons. The largest absolute Gasteiger partial charge is 0.496 e. The molecule has 0 aromatic heterocycles. The summed E-state index contributed by atoms with van der Waals surface area (Å²) in [6.07, 6.45) is 1.27. The Morgan fingerprint density at radius 2 is 1.86 bits per heavy atom. The first-order chi connectivity index (χ1) is 3.06. The molecule has 0 aliphatic heterocycles. The van der Waals surface area contributed by atoms with E-state index in [0.717, 1.165) is 0 Å². The molecule has 0 unspecified atom stereocenters. The molecule has 0 atom stereocenters. The summed E-state index contributed by atoms with van der Waals surface area (Å²) in [5.74, 6) is 0. The van der Waals surface area contributed by atoms with Crippen LogP contribution < -0.4 is 0 Å². The molecule has 4 heteroatoms. The van der Waals surface area contributed by atoms with Crippen molar-refractivity contribution in [1.82, 2.24) is 0 Å². The van der Waals surface area contributed by atoms with Gasteiger partial charge in [0, 0.05) is 6.04 Å². The first-order valence-electron chi connectivity index (χ1n) is 1.84. The topological polar surface area (TPSA) is 60.7 Å². The van der Waals surface area contributed by atoms with Crippen LogP contribution in [-0.2, 0) is 0 Å². The number of allylic oxidation sites excluding steroid dienone is 1. The van der Waals surface area contributed by atoms with Crippen LogP contribution in [0.2, 0.25) is 6.04 Å². The Morgan fingerprint density at radius 1 is 1.43 bits per heavy atom. The Kier molecular flexibility index (Phi) is 2.17. The van der Waals surface area contributed by atoms with Gasteiger partial charge in [0.25, 0.3) is 0 Å². The van der Waals surface area contributed by atoms with Crippen molar-refractivity contribution in [3.63, 3.8) is 0 Å². The van der Waals surface area contributed by atoms with E-state index in [2.05, 4.69) is 6.58 Å². The van der Waals surface area contributed by atoms with E-state index in [1.807, 2.05) is 0 Å². The van der Waals surface area contributed by atoms with Gasteiger partial charge in [-0.05, 0) is 0 Å². The quantitative estimate of drug-likeness (QED) is 0.326. The first-order valence-corrected chi connectivity index (χ1v) is 3.89. The summed E-state index contributed by atoms with van der Waals surface area (Å²) in [4.78, 5) is 24.6. The van der Waals surface area contributed by atoms with Crippen molar-refractivity contribution in [2.24, 2.45) is 0 Å². The third-order valence-corrected chi connectivity index (χ3v) is 1.25. The molecule has 3 N–H and O–H groups in total. The van der Waals surface area contributed by atoms with Crippen LogP contribution in [-0.4, -0.2) is 23.2 Å². The minimum absolute atomic E-state index is 0.0903. The lowest BCUT2D eigenvalue weighted by atomic mass is 10.8. The van der Waals surface area contributed by atoms with Gasteiger partial charge in [-0.25, -0.2) is 0 Å². The Labute approximate surface area is 42.9 Å². The minimum Gasteiger partial charge on any atom is -0.390 e. The number of hydrogen-bond donors (Lipinski definition) is 3. The smallest absolute Gasteiger partial charge is 0.390 e. The van der Waals surface area contributed by atoms with Gasteiger partial charge in [0.2, 0.25) is 0 Å². The summed E-state index contributed by atoms with van der Waals surface area (Å²) in [7, 11) is -3.78. The van der Waals surface area contributed by atoms with E-state index < -0.39 is 8.80 Å². The minimum atomic E-state index is -3.78. The van der Waals surface area contributed by atoms with Crippen molar-refractivity contribution in [2.75, 3.05) is 0 Å².